The van der Waals surface area contributed by atoms with E-state index in [2.05, 4.69) is 29.0 Å². The van der Waals surface area contributed by atoms with Gasteiger partial charge in [-0.3, -0.25) is 4.79 Å². The maximum Gasteiger partial charge on any atom is 0.226 e. The first kappa shape index (κ1) is 17.0. The molecule has 2 N–H and O–H groups in total. The van der Waals surface area contributed by atoms with E-state index in [9.17, 15) is 9.90 Å². The van der Waals surface area contributed by atoms with Crippen molar-refractivity contribution in [1.82, 2.24) is 0 Å². The zero-order chi connectivity index (χ0) is 18.2. The highest BCUT2D eigenvalue weighted by Crippen LogP contribution is 2.14. The molecule has 3 aromatic rings. The Hall–Kier alpha value is -3.89. The van der Waals surface area contributed by atoms with Crippen molar-refractivity contribution in [3.8, 4) is 29.4 Å². The molecule has 0 fully saturated rings. The molecule has 0 radical (unpaired) electrons. The highest BCUT2D eigenvalue weighted by Gasteiger charge is 2.06. The first-order valence-corrected chi connectivity index (χ1v) is 7.93. The summed E-state index contributed by atoms with van der Waals surface area (Å²) in [4.78, 5) is 11.3. The predicted molar refractivity (Wildman–Crippen MR) is 101 cm³/mol. The Morgan fingerprint density at radius 2 is 1.54 bits per heavy atom. The Balaban J connectivity index is 1.61. The lowest BCUT2D eigenvalue weighted by Gasteiger charge is -2.06. The van der Waals surface area contributed by atoms with Crippen LogP contribution in [0.3, 0.4) is 0 Å². The number of anilines is 1. The summed E-state index contributed by atoms with van der Waals surface area (Å²) in [5, 5.41) is 12.7. The van der Waals surface area contributed by atoms with Crippen molar-refractivity contribution < 1.29 is 9.52 Å². The van der Waals surface area contributed by atoms with Crippen molar-refractivity contribution >= 4 is 5.69 Å². The van der Waals surface area contributed by atoms with E-state index in [-0.39, 0.29) is 18.1 Å². The summed E-state index contributed by atoms with van der Waals surface area (Å²) in [5.41, 5.74) is 2.12. The fraction of sp³-hybridized carbons (Fsp3) is 0.0455. The molecule has 2 aromatic carbocycles. The Kier molecular flexibility index (Phi) is 5.40. The summed E-state index contributed by atoms with van der Waals surface area (Å²) >= 11 is 0. The van der Waals surface area contributed by atoms with Gasteiger partial charge in [-0.1, -0.05) is 30.0 Å². The summed E-state index contributed by atoms with van der Waals surface area (Å²) in [6, 6.07) is 18.3. The van der Waals surface area contributed by atoms with E-state index >= 15 is 0 Å². The van der Waals surface area contributed by atoms with Crippen molar-refractivity contribution in [2.45, 2.75) is 6.54 Å². The average Bonchev–Trinajstić information content (AvgIpc) is 2.68. The molecular weight excluding hydrogens is 326 g/mol. The van der Waals surface area contributed by atoms with Gasteiger partial charge in [-0.05, 0) is 48.2 Å². The lowest BCUT2D eigenvalue weighted by atomic mass is 10.2. The number of aromatic hydroxyl groups is 1. The largest absolute Gasteiger partial charge is 0.502 e. The van der Waals surface area contributed by atoms with Crippen LogP contribution in [0.25, 0.3) is 0 Å². The number of hydrogen-bond donors (Lipinski definition) is 2. The van der Waals surface area contributed by atoms with E-state index < -0.39 is 5.43 Å². The lowest BCUT2D eigenvalue weighted by molar-refractivity contribution is 0.403. The standard InChI is InChI=1S/C22H15NO3/c24-20-14-15-26-21(22(20)25)16-23-19-12-10-18(11-13-19)9-5-4-8-17-6-2-1-3-7-17/h1-3,6-7,10-15,23,25H,16H2. The minimum atomic E-state index is -0.463. The first-order chi connectivity index (χ1) is 12.7. The molecule has 0 spiro atoms. The monoisotopic (exact) mass is 341 g/mol. The quantitative estimate of drug-likeness (QED) is 0.717. The molecule has 0 bridgehead atoms. The molecule has 0 saturated carbocycles. The fourth-order valence-electron chi connectivity index (χ4n) is 2.16. The summed E-state index contributed by atoms with van der Waals surface area (Å²) in [6.45, 7) is 0.204. The molecule has 0 atom stereocenters. The van der Waals surface area contributed by atoms with Crippen LogP contribution in [0.4, 0.5) is 5.69 Å². The predicted octanol–water partition coefficient (Wildman–Crippen LogP) is 3.36. The van der Waals surface area contributed by atoms with E-state index in [1.807, 2.05) is 54.6 Å². The Morgan fingerprint density at radius 1 is 0.885 bits per heavy atom. The van der Waals surface area contributed by atoms with Crippen LogP contribution in [-0.4, -0.2) is 5.11 Å². The van der Waals surface area contributed by atoms with Crippen molar-refractivity contribution in [3.05, 3.63) is 94.0 Å². The van der Waals surface area contributed by atoms with Crippen LogP contribution in [0.5, 0.6) is 5.75 Å². The molecule has 0 aliphatic rings. The van der Waals surface area contributed by atoms with Crippen LogP contribution < -0.4 is 10.7 Å². The van der Waals surface area contributed by atoms with Crippen LogP contribution in [-0.2, 0) is 6.54 Å². The summed E-state index contributed by atoms with van der Waals surface area (Å²) in [7, 11) is 0. The second-order valence-electron chi connectivity index (χ2n) is 5.35. The van der Waals surface area contributed by atoms with Crippen LogP contribution >= 0.6 is 0 Å². The van der Waals surface area contributed by atoms with Gasteiger partial charge in [0.1, 0.15) is 0 Å². The SMILES string of the molecule is O=c1ccoc(CNc2ccc(C#CC#Cc3ccccc3)cc2)c1O. The van der Waals surface area contributed by atoms with E-state index in [4.69, 9.17) is 4.42 Å². The average molecular weight is 341 g/mol. The number of benzene rings is 2. The van der Waals surface area contributed by atoms with E-state index in [1.165, 1.54) is 12.3 Å². The van der Waals surface area contributed by atoms with Gasteiger partial charge in [0.05, 0.1) is 12.8 Å². The van der Waals surface area contributed by atoms with Crippen molar-refractivity contribution in [1.29, 1.82) is 0 Å². The zero-order valence-electron chi connectivity index (χ0n) is 13.8. The van der Waals surface area contributed by atoms with Crippen LogP contribution in [0.1, 0.15) is 16.9 Å². The van der Waals surface area contributed by atoms with Gasteiger partial charge in [0, 0.05) is 22.9 Å². The molecule has 126 valence electrons. The Labute approximate surface area is 151 Å². The third-order valence-electron chi connectivity index (χ3n) is 3.52. The van der Waals surface area contributed by atoms with Gasteiger partial charge >= 0.3 is 0 Å². The number of rotatable bonds is 3. The summed E-state index contributed by atoms with van der Waals surface area (Å²) < 4.78 is 5.14. The fourth-order valence-corrected chi connectivity index (χ4v) is 2.16. The second-order valence-corrected chi connectivity index (χ2v) is 5.35. The molecule has 3 rings (SSSR count). The first-order valence-electron chi connectivity index (χ1n) is 7.93. The lowest BCUT2D eigenvalue weighted by Crippen LogP contribution is -2.05. The van der Waals surface area contributed by atoms with Crippen LogP contribution in [0, 0.1) is 23.7 Å². The molecule has 1 heterocycles. The highest BCUT2D eigenvalue weighted by molar-refractivity contribution is 5.50. The minimum absolute atomic E-state index is 0.192. The Morgan fingerprint density at radius 3 is 2.23 bits per heavy atom. The maximum absolute atomic E-state index is 11.3. The van der Waals surface area contributed by atoms with Crippen LogP contribution in [0.2, 0.25) is 0 Å². The van der Waals surface area contributed by atoms with Gasteiger partial charge in [-0.25, -0.2) is 0 Å². The molecular formula is C22H15NO3. The highest BCUT2D eigenvalue weighted by atomic mass is 16.4. The molecule has 0 saturated heterocycles. The molecule has 4 nitrogen and oxygen atoms in total. The summed E-state index contributed by atoms with van der Waals surface area (Å²) in [5.74, 6) is 11.4. The van der Waals surface area contributed by atoms with Gasteiger partial charge in [-0.15, -0.1) is 0 Å². The summed E-state index contributed by atoms with van der Waals surface area (Å²) in [6.07, 6.45) is 1.26. The molecule has 0 aliphatic heterocycles. The topological polar surface area (TPSA) is 62.5 Å². The molecule has 0 unspecified atom stereocenters. The number of hydrogen-bond acceptors (Lipinski definition) is 4. The Bertz CT molecular complexity index is 1060. The third-order valence-corrected chi connectivity index (χ3v) is 3.52. The molecule has 1 aromatic heterocycles. The van der Waals surface area contributed by atoms with Crippen LogP contribution in [0.15, 0.2) is 76.1 Å². The van der Waals surface area contributed by atoms with Crippen molar-refractivity contribution in [2.75, 3.05) is 5.32 Å². The van der Waals surface area contributed by atoms with Gasteiger partial charge < -0.3 is 14.8 Å². The van der Waals surface area contributed by atoms with Crippen molar-refractivity contribution in [3.63, 3.8) is 0 Å². The molecule has 0 amide bonds. The van der Waals surface area contributed by atoms with Gasteiger partial charge in [0.2, 0.25) is 11.2 Å². The smallest absolute Gasteiger partial charge is 0.226 e. The van der Waals surface area contributed by atoms with E-state index in [0.717, 1.165) is 16.8 Å². The van der Waals surface area contributed by atoms with Crippen molar-refractivity contribution in [2.24, 2.45) is 0 Å². The third kappa shape index (κ3) is 4.56. The van der Waals surface area contributed by atoms with Gasteiger partial charge in [0.25, 0.3) is 0 Å². The van der Waals surface area contributed by atoms with Gasteiger partial charge in [0.15, 0.2) is 5.76 Å². The maximum atomic E-state index is 11.3. The van der Waals surface area contributed by atoms with E-state index in [1.54, 1.807) is 0 Å². The normalized spacial score (nSPS) is 9.38. The molecule has 0 aliphatic carbocycles. The molecule has 26 heavy (non-hydrogen) atoms. The zero-order valence-corrected chi connectivity index (χ0v) is 13.8. The van der Waals surface area contributed by atoms with E-state index in [0.29, 0.717) is 0 Å². The number of nitrogens with one attached hydrogen (secondary N) is 1. The second kappa shape index (κ2) is 8.28. The molecule has 4 heteroatoms. The minimum Gasteiger partial charge on any atom is -0.502 e. The van der Waals surface area contributed by atoms with Gasteiger partial charge in [-0.2, -0.15) is 0 Å².